The van der Waals surface area contributed by atoms with Crippen LogP contribution in [-0.4, -0.2) is 65.5 Å². The molecule has 1 aliphatic heterocycles. The molecule has 0 radical (unpaired) electrons. The van der Waals surface area contributed by atoms with Crippen molar-refractivity contribution in [3.8, 4) is 0 Å². The van der Waals surface area contributed by atoms with Crippen LogP contribution >= 0.6 is 0 Å². The quantitative estimate of drug-likeness (QED) is 0.643. The third-order valence-electron chi connectivity index (χ3n) is 2.55. The van der Waals surface area contributed by atoms with Gasteiger partial charge in [-0.05, 0) is 6.92 Å². The molecule has 3 amide bonds. The van der Waals surface area contributed by atoms with Crippen LogP contribution in [0.1, 0.15) is 13.3 Å². The van der Waals surface area contributed by atoms with Gasteiger partial charge < -0.3 is 20.2 Å². The SMILES string of the molecule is CCNC(=O)N1CCN(C(=O)CC(=O)O)CC1. The topological polar surface area (TPSA) is 90.0 Å². The molecule has 0 aromatic carbocycles. The number of urea groups is 1. The van der Waals surface area contributed by atoms with Crippen LogP contribution in [0.2, 0.25) is 0 Å². The maximum absolute atomic E-state index is 11.5. The normalized spacial score (nSPS) is 15.6. The summed E-state index contributed by atoms with van der Waals surface area (Å²) >= 11 is 0. The number of piperazine rings is 1. The highest BCUT2D eigenvalue weighted by Crippen LogP contribution is 2.04. The molecule has 0 saturated carbocycles. The van der Waals surface area contributed by atoms with E-state index < -0.39 is 18.3 Å². The largest absolute Gasteiger partial charge is 0.481 e. The molecule has 1 heterocycles. The van der Waals surface area contributed by atoms with Gasteiger partial charge >= 0.3 is 12.0 Å². The fraction of sp³-hybridized carbons (Fsp3) is 0.700. The molecule has 0 aliphatic carbocycles. The van der Waals surface area contributed by atoms with Crippen molar-refractivity contribution in [2.24, 2.45) is 0 Å². The van der Waals surface area contributed by atoms with Gasteiger partial charge in [-0.2, -0.15) is 0 Å². The second-order valence-electron chi connectivity index (χ2n) is 3.77. The van der Waals surface area contributed by atoms with E-state index in [1.807, 2.05) is 6.92 Å². The number of nitrogens with one attached hydrogen (secondary N) is 1. The van der Waals surface area contributed by atoms with Gasteiger partial charge in [-0.1, -0.05) is 0 Å². The molecule has 1 aliphatic rings. The van der Waals surface area contributed by atoms with Crippen molar-refractivity contribution in [3.05, 3.63) is 0 Å². The zero-order valence-electron chi connectivity index (χ0n) is 9.81. The van der Waals surface area contributed by atoms with Crippen molar-refractivity contribution in [1.29, 1.82) is 0 Å². The smallest absolute Gasteiger partial charge is 0.317 e. The molecule has 0 aromatic heterocycles. The summed E-state index contributed by atoms with van der Waals surface area (Å²) in [5.74, 6) is -1.52. The lowest BCUT2D eigenvalue weighted by atomic mass is 10.3. The van der Waals surface area contributed by atoms with E-state index in [1.54, 1.807) is 4.90 Å². The Kier molecular flexibility index (Phi) is 4.74. The Morgan fingerprint density at radius 1 is 1.12 bits per heavy atom. The summed E-state index contributed by atoms with van der Waals surface area (Å²) in [7, 11) is 0. The molecule has 2 N–H and O–H groups in total. The van der Waals surface area contributed by atoms with Gasteiger partial charge in [-0.3, -0.25) is 9.59 Å². The highest BCUT2D eigenvalue weighted by atomic mass is 16.4. The van der Waals surface area contributed by atoms with Gasteiger partial charge in [-0.25, -0.2) is 4.79 Å². The molecule has 0 unspecified atom stereocenters. The Balaban J connectivity index is 2.37. The summed E-state index contributed by atoms with van der Waals surface area (Å²) in [5.41, 5.74) is 0. The van der Waals surface area contributed by atoms with Crippen molar-refractivity contribution < 1.29 is 19.5 Å². The maximum Gasteiger partial charge on any atom is 0.317 e. The molecular weight excluding hydrogens is 226 g/mol. The van der Waals surface area contributed by atoms with Crippen molar-refractivity contribution in [2.75, 3.05) is 32.7 Å². The summed E-state index contributed by atoms with van der Waals surface area (Å²) in [6.07, 6.45) is -0.485. The predicted molar refractivity (Wildman–Crippen MR) is 59.5 cm³/mol. The Morgan fingerprint density at radius 3 is 2.12 bits per heavy atom. The molecule has 7 heteroatoms. The van der Waals surface area contributed by atoms with Gasteiger partial charge in [0.2, 0.25) is 5.91 Å². The van der Waals surface area contributed by atoms with Crippen molar-refractivity contribution in [2.45, 2.75) is 13.3 Å². The van der Waals surface area contributed by atoms with Gasteiger partial charge in [0.05, 0.1) is 0 Å². The van der Waals surface area contributed by atoms with E-state index >= 15 is 0 Å². The first-order chi connectivity index (χ1) is 8.04. The van der Waals surface area contributed by atoms with Crippen LogP contribution < -0.4 is 5.32 Å². The number of carbonyl (C=O) groups excluding carboxylic acids is 2. The van der Waals surface area contributed by atoms with Crippen LogP contribution in [0.3, 0.4) is 0 Å². The van der Waals surface area contributed by atoms with Crippen LogP contribution in [0.4, 0.5) is 4.79 Å². The minimum atomic E-state index is -1.12. The number of rotatable bonds is 3. The van der Waals surface area contributed by atoms with E-state index in [-0.39, 0.29) is 6.03 Å². The summed E-state index contributed by atoms with van der Waals surface area (Å²) in [6.45, 7) is 4.07. The summed E-state index contributed by atoms with van der Waals surface area (Å²) in [5, 5.41) is 11.2. The van der Waals surface area contributed by atoms with Gasteiger partial charge in [0.25, 0.3) is 0 Å². The lowest BCUT2D eigenvalue weighted by Crippen LogP contribution is -2.53. The molecular formula is C10H17N3O4. The van der Waals surface area contributed by atoms with Crippen LogP contribution in [0.25, 0.3) is 0 Å². The van der Waals surface area contributed by atoms with Crippen LogP contribution in [0.15, 0.2) is 0 Å². The molecule has 0 aromatic rings. The Labute approximate surface area is 99.4 Å². The van der Waals surface area contributed by atoms with Crippen molar-refractivity contribution in [1.82, 2.24) is 15.1 Å². The Bertz CT molecular complexity index is 311. The summed E-state index contributed by atoms with van der Waals surface area (Å²) in [4.78, 5) is 36.4. The maximum atomic E-state index is 11.5. The third-order valence-corrected chi connectivity index (χ3v) is 2.55. The van der Waals surface area contributed by atoms with E-state index in [9.17, 15) is 14.4 Å². The number of carboxylic acids is 1. The van der Waals surface area contributed by atoms with Crippen molar-refractivity contribution in [3.63, 3.8) is 0 Å². The van der Waals surface area contributed by atoms with Crippen LogP contribution in [-0.2, 0) is 9.59 Å². The molecule has 96 valence electrons. The lowest BCUT2D eigenvalue weighted by molar-refractivity contribution is -0.144. The fourth-order valence-electron chi connectivity index (χ4n) is 1.66. The number of hydrogen-bond acceptors (Lipinski definition) is 3. The minimum Gasteiger partial charge on any atom is -0.481 e. The molecule has 7 nitrogen and oxygen atoms in total. The predicted octanol–water partition coefficient (Wildman–Crippen LogP) is -0.665. The van der Waals surface area contributed by atoms with E-state index in [0.717, 1.165) is 0 Å². The van der Waals surface area contributed by atoms with Crippen LogP contribution in [0.5, 0.6) is 0 Å². The van der Waals surface area contributed by atoms with Gasteiger partial charge in [0.15, 0.2) is 0 Å². The van der Waals surface area contributed by atoms with Gasteiger partial charge in [0, 0.05) is 32.7 Å². The second-order valence-corrected chi connectivity index (χ2v) is 3.77. The average Bonchev–Trinajstić information content (AvgIpc) is 2.28. The number of carbonyl (C=O) groups is 3. The van der Waals surface area contributed by atoms with Gasteiger partial charge in [-0.15, -0.1) is 0 Å². The number of amides is 3. The number of carboxylic acid groups (broad SMARTS) is 1. The Hall–Kier alpha value is -1.79. The summed E-state index contributed by atoms with van der Waals surface area (Å²) in [6, 6.07) is -0.141. The molecule has 17 heavy (non-hydrogen) atoms. The molecule has 0 spiro atoms. The fourth-order valence-corrected chi connectivity index (χ4v) is 1.66. The number of nitrogens with zero attached hydrogens (tertiary/aromatic N) is 2. The van der Waals surface area contributed by atoms with E-state index in [4.69, 9.17) is 5.11 Å². The number of aliphatic carboxylic acids is 1. The van der Waals surface area contributed by atoms with E-state index in [2.05, 4.69) is 5.32 Å². The lowest BCUT2D eigenvalue weighted by Gasteiger charge is -2.34. The van der Waals surface area contributed by atoms with Crippen LogP contribution in [0, 0.1) is 0 Å². The zero-order chi connectivity index (χ0) is 12.8. The Morgan fingerprint density at radius 2 is 1.65 bits per heavy atom. The minimum absolute atomic E-state index is 0.141. The first-order valence-corrected chi connectivity index (χ1v) is 5.57. The molecule has 0 bridgehead atoms. The monoisotopic (exact) mass is 243 g/mol. The third kappa shape index (κ3) is 3.93. The van der Waals surface area contributed by atoms with E-state index in [0.29, 0.717) is 32.7 Å². The second kappa shape index (κ2) is 6.07. The molecule has 1 rings (SSSR count). The molecule has 1 fully saturated rings. The average molecular weight is 243 g/mol. The molecule has 0 atom stereocenters. The zero-order valence-corrected chi connectivity index (χ0v) is 9.81. The highest BCUT2D eigenvalue weighted by molar-refractivity contribution is 5.93. The first-order valence-electron chi connectivity index (χ1n) is 5.57. The first kappa shape index (κ1) is 13.3. The molecule has 1 saturated heterocycles. The van der Waals surface area contributed by atoms with Crippen molar-refractivity contribution >= 4 is 17.9 Å². The van der Waals surface area contributed by atoms with Gasteiger partial charge in [0.1, 0.15) is 6.42 Å². The standard InChI is InChI=1S/C10H17N3O4/c1-2-11-10(17)13-5-3-12(4-6-13)8(14)7-9(15)16/h2-7H2,1H3,(H,11,17)(H,15,16). The summed E-state index contributed by atoms with van der Waals surface area (Å²) < 4.78 is 0. The van der Waals surface area contributed by atoms with E-state index in [1.165, 1.54) is 4.90 Å². The highest BCUT2D eigenvalue weighted by Gasteiger charge is 2.24. The number of hydrogen-bond donors (Lipinski definition) is 2.